The number of para-hydroxylation sites is 1. The maximum Gasteiger partial charge on any atom is 0.245 e. The summed E-state index contributed by atoms with van der Waals surface area (Å²) < 4.78 is 2.54. The van der Waals surface area contributed by atoms with Crippen molar-refractivity contribution >= 4 is 40.1 Å². The summed E-state index contributed by atoms with van der Waals surface area (Å²) >= 11 is 5.45. The lowest BCUT2D eigenvalue weighted by molar-refractivity contribution is -0.129. The van der Waals surface area contributed by atoms with Crippen molar-refractivity contribution in [1.82, 2.24) is 19.4 Å². The van der Waals surface area contributed by atoms with Gasteiger partial charge in [-0.2, -0.15) is 0 Å². The fraction of sp³-hybridized carbons (Fsp3) is 0.267. The maximum absolute atomic E-state index is 12.4. The molecule has 1 atom stereocenters. The van der Waals surface area contributed by atoms with Gasteiger partial charge in [-0.1, -0.05) is 18.2 Å². The largest absolute Gasteiger partial charge is 0.344 e. The van der Waals surface area contributed by atoms with Gasteiger partial charge in [0.2, 0.25) is 5.91 Å². The van der Waals surface area contributed by atoms with Crippen molar-refractivity contribution in [1.29, 1.82) is 0 Å². The van der Waals surface area contributed by atoms with Crippen molar-refractivity contribution in [3.63, 3.8) is 0 Å². The molecule has 0 spiro atoms. The second-order valence-corrected chi connectivity index (χ2v) is 5.79. The van der Waals surface area contributed by atoms with Crippen molar-refractivity contribution in [2.24, 2.45) is 0 Å². The van der Waals surface area contributed by atoms with E-state index in [-0.39, 0.29) is 11.9 Å². The highest BCUT2D eigenvalue weighted by molar-refractivity contribution is 7.71. The van der Waals surface area contributed by atoms with Crippen molar-refractivity contribution in [2.45, 2.75) is 12.5 Å². The maximum atomic E-state index is 12.4. The molecule has 4 rings (SSSR count). The van der Waals surface area contributed by atoms with Gasteiger partial charge in [0.1, 0.15) is 6.04 Å². The quantitative estimate of drug-likeness (QED) is 0.703. The summed E-state index contributed by atoms with van der Waals surface area (Å²) in [6.45, 7) is 0.765. The molecule has 1 aliphatic heterocycles. The van der Waals surface area contributed by atoms with Crippen LogP contribution >= 0.6 is 12.2 Å². The lowest BCUT2D eigenvalue weighted by Crippen LogP contribution is -2.24. The highest BCUT2D eigenvalue weighted by Gasteiger charge is 2.32. The zero-order valence-electron chi connectivity index (χ0n) is 11.5. The summed E-state index contributed by atoms with van der Waals surface area (Å²) in [5, 5.41) is 1.02. The van der Waals surface area contributed by atoms with Crippen LogP contribution in [-0.4, -0.2) is 38.9 Å². The van der Waals surface area contributed by atoms with Crippen molar-refractivity contribution in [3.05, 3.63) is 35.2 Å². The normalized spacial score (nSPS) is 19.0. The number of benzene rings is 1. The number of likely N-dealkylation sites (N-methyl/N-ethyl adjacent to an activating group) is 1. The summed E-state index contributed by atoms with van der Waals surface area (Å²) in [6.07, 6.45) is 2.57. The Labute approximate surface area is 126 Å². The lowest BCUT2D eigenvalue weighted by Gasteiger charge is -2.13. The van der Waals surface area contributed by atoms with Crippen LogP contribution in [0.2, 0.25) is 0 Å². The summed E-state index contributed by atoms with van der Waals surface area (Å²) in [7, 11) is 1.83. The first-order valence-electron chi connectivity index (χ1n) is 6.90. The van der Waals surface area contributed by atoms with E-state index in [1.165, 1.54) is 0 Å². The lowest BCUT2D eigenvalue weighted by atomic mass is 10.1. The van der Waals surface area contributed by atoms with Gasteiger partial charge >= 0.3 is 0 Å². The molecule has 0 bridgehead atoms. The SMILES string of the molecule is CN1CCC(n2c(=S)[nH]c3cnc4ccccc4c32)C1=O. The summed E-state index contributed by atoms with van der Waals surface area (Å²) in [6, 6.07) is 7.71. The molecule has 1 amide bonds. The number of rotatable bonds is 1. The van der Waals surface area contributed by atoms with Crippen LogP contribution in [0.25, 0.3) is 21.9 Å². The van der Waals surface area contributed by atoms with Gasteiger partial charge in [-0.3, -0.25) is 9.78 Å². The first-order valence-corrected chi connectivity index (χ1v) is 7.30. The van der Waals surface area contributed by atoms with Gasteiger partial charge in [-0.25, -0.2) is 0 Å². The number of carbonyl (C=O) groups is 1. The number of fused-ring (bicyclic) bond motifs is 3. The van der Waals surface area contributed by atoms with Gasteiger partial charge in [-0.05, 0) is 24.7 Å². The number of hydrogen-bond acceptors (Lipinski definition) is 3. The Morgan fingerprint density at radius 1 is 1.38 bits per heavy atom. The number of H-pyrrole nitrogens is 1. The van der Waals surface area contributed by atoms with Crippen LogP contribution in [0.4, 0.5) is 0 Å². The van der Waals surface area contributed by atoms with Gasteiger partial charge < -0.3 is 14.5 Å². The smallest absolute Gasteiger partial charge is 0.245 e. The van der Waals surface area contributed by atoms with Crippen LogP contribution in [0.1, 0.15) is 12.5 Å². The molecule has 1 unspecified atom stereocenters. The van der Waals surface area contributed by atoms with Gasteiger partial charge in [0.25, 0.3) is 0 Å². The van der Waals surface area contributed by atoms with Crippen LogP contribution < -0.4 is 0 Å². The molecular formula is C15H14N4OS. The fourth-order valence-corrected chi connectivity index (χ4v) is 3.42. The first-order chi connectivity index (χ1) is 10.2. The molecule has 106 valence electrons. The Morgan fingerprint density at radius 3 is 2.95 bits per heavy atom. The third-order valence-corrected chi connectivity index (χ3v) is 4.46. The van der Waals surface area contributed by atoms with Gasteiger partial charge in [0, 0.05) is 19.0 Å². The van der Waals surface area contributed by atoms with E-state index in [9.17, 15) is 4.79 Å². The Hall–Kier alpha value is -2.21. The van der Waals surface area contributed by atoms with Gasteiger partial charge in [-0.15, -0.1) is 0 Å². The third-order valence-electron chi connectivity index (χ3n) is 4.16. The molecule has 0 aliphatic carbocycles. The van der Waals surface area contributed by atoms with E-state index in [0.717, 1.165) is 34.9 Å². The highest BCUT2D eigenvalue weighted by atomic mass is 32.1. The van der Waals surface area contributed by atoms with Crippen molar-refractivity contribution in [2.75, 3.05) is 13.6 Å². The number of hydrogen-bond donors (Lipinski definition) is 1. The van der Waals surface area contributed by atoms with E-state index in [1.807, 2.05) is 35.9 Å². The number of nitrogens with one attached hydrogen (secondary N) is 1. The van der Waals surface area contributed by atoms with E-state index >= 15 is 0 Å². The summed E-state index contributed by atoms with van der Waals surface area (Å²) in [5.74, 6) is 0.118. The molecule has 1 aromatic carbocycles. The number of likely N-dealkylation sites (tertiary alicyclic amines) is 1. The average molecular weight is 298 g/mol. The predicted molar refractivity (Wildman–Crippen MR) is 83.7 cm³/mol. The van der Waals surface area contributed by atoms with E-state index in [1.54, 1.807) is 11.1 Å². The number of imidazole rings is 1. The van der Waals surface area contributed by atoms with Gasteiger partial charge in [0.15, 0.2) is 4.77 Å². The minimum Gasteiger partial charge on any atom is -0.344 e. The van der Waals surface area contributed by atoms with Crippen LogP contribution in [0.5, 0.6) is 0 Å². The molecule has 3 heterocycles. The standard InChI is InChI=1S/C15H14N4OS/c1-18-7-6-12(14(18)20)19-13-9-4-2-3-5-10(9)16-8-11(13)17-15(19)21/h2-5,8,12H,6-7H2,1H3,(H,17,21). The molecule has 21 heavy (non-hydrogen) atoms. The monoisotopic (exact) mass is 298 g/mol. The number of aromatic nitrogens is 3. The molecule has 1 fully saturated rings. The number of pyridine rings is 1. The Morgan fingerprint density at radius 2 is 2.19 bits per heavy atom. The first kappa shape index (κ1) is 12.5. The Kier molecular flexibility index (Phi) is 2.62. The van der Waals surface area contributed by atoms with Gasteiger partial charge in [0.05, 0.1) is 22.7 Å². The molecule has 0 saturated carbocycles. The van der Waals surface area contributed by atoms with Crippen LogP contribution in [0.15, 0.2) is 30.5 Å². The summed E-state index contributed by atoms with van der Waals surface area (Å²) in [5.41, 5.74) is 2.76. The van der Waals surface area contributed by atoms with Crippen molar-refractivity contribution < 1.29 is 4.79 Å². The minimum absolute atomic E-state index is 0.118. The highest BCUT2D eigenvalue weighted by Crippen LogP contribution is 2.30. The number of aromatic amines is 1. The third kappa shape index (κ3) is 1.72. The molecule has 6 heteroatoms. The molecule has 5 nitrogen and oxygen atoms in total. The molecule has 3 aromatic rings. The summed E-state index contributed by atoms with van der Waals surface area (Å²) in [4.78, 5) is 21.7. The van der Waals surface area contributed by atoms with Crippen LogP contribution in [0, 0.1) is 4.77 Å². The van der Waals surface area contributed by atoms with E-state index in [2.05, 4.69) is 9.97 Å². The molecule has 1 saturated heterocycles. The number of carbonyl (C=O) groups excluding carboxylic acids is 1. The molecule has 2 aromatic heterocycles. The predicted octanol–water partition coefficient (Wildman–Crippen LogP) is 2.65. The van der Waals surface area contributed by atoms with Crippen molar-refractivity contribution in [3.8, 4) is 0 Å². The van der Waals surface area contributed by atoms with E-state index in [0.29, 0.717) is 4.77 Å². The number of amides is 1. The fourth-order valence-electron chi connectivity index (χ4n) is 3.10. The molecular weight excluding hydrogens is 284 g/mol. The van der Waals surface area contributed by atoms with E-state index in [4.69, 9.17) is 12.2 Å². The average Bonchev–Trinajstić information content (AvgIpc) is 2.99. The second-order valence-electron chi connectivity index (χ2n) is 5.40. The Balaban J connectivity index is 2.09. The molecule has 1 aliphatic rings. The van der Waals surface area contributed by atoms with Crippen LogP contribution in [0.3, 0.4) is 0 Å². The zero-order valence-corrected chi connectivity index (χ0v) is 12.4. The Bertz CT molecular complexity index is 926. The topological polar surface area (TPSA) is 53.9 Å². The number of nitrogens with zero attached hydrogens (tertiary/aromatic N) is 3. The van der Waals surface area contributed by atoms with Crippen LogP contribution in [-0.2, 0) is 4.79 Å². The zero-order chi connectivity index (χ0) is 14.6. The minimum atomic E-state index is -0.220. The molecule has 0 radical (unpaired) electrons. The van der Waals surface area contributed by atoms with E-state index < -0.39 is 0 Å². The molecule has 1 N–H and O–H groups in total. The second kappa shape index (κ2) is 4.39.